The van der Waals surface area contributed by atoms with Crippen LogP contribution in [0.15, 0.2) is 46.9 Å². The van der Waals surface area contributed by atoms with E-state index in [0.717, 1.165) is 22.3 Å². The average Bonchev–Trinajstić information content (AvgIpc) is 2.42. The summed E-state index contributed by atoms with van der Waals surface area (Å²) in [5.74, 6) is 0.925. The second-order valence-corrected chi connectivity index (χ2v) is 5.41. The van der Waals surface area contributed by atoms with Gasteiger partial charge in [0.2, 0.25) is 0 Å². The molecule has 0 atom stereocenters. The first kappa shape index (κ1) is 14.1. The highest BCUT2D eigenvalue weighted by Crippen LogP contribution is 2.24. The fraction of sp³-hybridized carbons (Fsp3) is 0.250. The maximum absolute atomic E-state index is 5.93. The number of hydrogen-bond donors (Lipinski definition) is 1. The highest BCUT2D eigenvalue weighted by molar-refractivity contribution is 9.10. The van der Waals surface area contributed by atoms with Gasteiger partial charge in [-0.25, -0.2) is 0 Å². The number of benzene rings is 2. The number of halogens is 1. The van der Waals surface area contributed by atoms with Crippen molar-refractivity contribution < 1.29 is 4.74 Å². The lowest BCUT2D eigenvalue weighted by molar-refractivity contribution is 0.302. The Kier molecular flexibility index (Phi) is 5.00. The van der Waals surface area contributed by atoms with Crippen LogP contribution in [0.3, 0.4) is 0 Å². The molecule has 0 saturated carbocycles. The van der Waals surface area contributed by atoms with E-state index in [-0.39, 0.29) is 0 Å². The highest BCUT2D eigenvalue weighted by atomic mass is 79.9. The van der Waals surface area contributed by atoms with Crippen molar-refractivity contribution in [3.05, 3.63) is 63.6 Å². The van der Waals surface area contributed by atoms with Crippen molar-refractivity contribution in [2.45, 2.75) is 20.1 Å². The minimum atomic E-state index is 0.592. The summed E-state index contributed by atoms with van der Waals surface area (Å²) in [5, 5.41) is 3.18. The normalized spacial score (nSPS) is 10.5. The van der Waals surface area contributed by atoms with Crippen LogP contribution >= 0.6 is 15.9 Å². The van der Waals surface area contributed by atoms with Crippen LogP contribution in [0.1, 0.15) is 16.7 Å². The lowest BCUT2D eigenvalue weighted by atomic mass is 10.1. The number of rotatable bonds is 5. The summed E-state index contributed by atoms with van der Waals surface area (Å²) in [6.07, 6.45) is 0. The van der Waals surface area contributed by atoms with Gasteiger partial charge in [0.05, 0.1) is 0 Å². The molecule has 100 valence electrons. The second-order valence-electron chi connectivity index (χ2n) is 4.50. The molecule has 0 radical (unpaired) electrons. The molecule has 0 aromatic heterocycles. The van der Waals surface area contributed by atoms with Gasteiger partial charge < -0.3 is 10.1 Å². The maximum Gasteiger partial charge on any atom is 0.123 e. The molecule has 0 unspecified atom stereocenters. The first-order valence-corrected chi connectivity index (χ1v) is 7.10. The van der Waals surface area contributed by atoms with Gasteiger partial charge in [-0.05, 0) is 42.8 Å². The van der Waals surface area contributed by atoms with Crippen molar-refractivity contribution in [1.82, 2.24) is 5.32 Å². The summed E-state index contributed by atoms with van der Waals surface area (Å²) in [7, 11) is 1.95. The van der Waals surface area contributed by atoms with Gasteiger partial charge in [0.1, 0.15) is 12.4 Å². The lowest BCUT2D eigenvalue weighted by Gasteiger charge is -2.12. The fourth-order valence-electron chi connectivity index (χ4n) is 1.95. The van der Waals surface area contributed by atoms with Crippen molar-refractivity contribution in [3.63, 3.8) is 0 Å². The monoisotopic (exact) mass is 319 g/mol. The number of hydrogen-bond acceptors (Lipinski definition) is 2. The van der Waals surface area contributed by atoms with Crippen LogP contribution in [0, 0.1) is 6.92 Å². The van der Waals surface area contributed by atoms with Gasteiger partial charge in [0, 0.05) is 11.0 Å². The van der Waals surface area contributed by atoms with Gasteiger partial charge in [-0.15, -0.1) is 0 Å². The molecular weight excluding hydrogens is 302 g/mol. The van der Waals surface area contributed by atoms with Crippen LogP contribution in [-0.2, 0) is 13.2 Å². The van der Waals surface area contributed by atoms with Crippen LogP contribution in [0.5, 0.6) is 5.75 Å². The molecule has 2 aromatic rings. The van der Waals surface area contributed by atoms with E-state index in [0.29, 0.717) is 6.61 Å². The Morgan fingerprint density at radius 2 is 1.84 bits per heavy atom. The third-order valence-corrected chi connectivity index (χ3v) is 3.51. The topological polar surface area (TPSA) is 21.3 Å². The van der Waals surface area contributed by atoms with E-state index in [9.17, 15) is 0 Å². The van der Waals surface area contributed by atoms with Gasteiger partial charge in [-0.2, -0.15) is 0 Å². The maximum atomic E-state index is 5.93. The van der Waals surface area contributed by atoms with Crippen LogP contribution in [0.2, 0.25) is 0 Å². The quantitative estimate of drug-likeness (QED) is 0.897. The van der Waals surface area contributed by atoms with Gasteiger partial charge in [0.25, 0.3) is 0 Å². The number of nitrogens with one attached hydrogen (secondary N) is 1. The summed E-state index contributed by atoms with van der Waals surface area (Å²) in [6, 6.07) is 14.4. The molecule has 0 aliphatic rings. The molecule has 2 aromatic carbocycles. The van der Waals surface area contributed by atoms with Crippen LogP contribution in [-0.4, -0.2) is 7.05 Å². The van der Waals surface area contributed by atoms with Crippen molar-refractivity contribution in [1.29, 1.82) is 0 Å². The summed E-state index contributed by atoms with van der Waals surface area (Å²) in [4.78, 5) is 0. The summed E-state index contributed by atoms with van der Waals surface area (Å²) in [6.45, 7) is 3.51. The molecule has 0 saturated heterocycles. The van der Waals surface area contributed by atoms with E-state index in [1.54, 1.807) is 0 Å². The Hall–Kier alpha value is -1.32. The van der Waals surface area contributed by atoms with E-state index in [4.69, 9.17) is 4.74 Å². The van der Waals surface area contributed by atoms with Crippen molar-refractivity contribution in [2.24, 2.45) is 0 Å². The van der Waals surface area contributed by atoms with Crippen molar-refractivity contribution in [3.8, 4) is 5.75 Å². The fourth-order valence-corrected chi connectivity index (χ4v) is 2.29. The summed E-state index contributed by atoms with van der Waals surface area (Å²) in [5.41, 5.74) is 3.64. The molecule has 3 heteroatoms. The number of aryl methyl sites for hydroxylation is 1. The van der Waals surface area contributed by atoms with Crippen LogP contribution in [0.25, 0.3) is 0 Å². The zero-order chi connectivity index (χ0) is 13.7. The van der Waals surface area contributed by atoms with E-state index in [2.05, 4.69) is 52.4 Å². The predicted octanol–water partition coefficient (Wildman–Crippen LogP) is 4.06. The summed E-state index contributed by atoms with van der Waals surface area (Å²) >= 11 is 3.47. The summed E-state index contributed by atoms with van der Waals surface area (Å²) < 4.78 is 6.97. The molecule has 0 fully saturated rings. The average molecular weight is 320 g/mol. The molecule has 0 bridgehead atoms. The SMILES string of the molecule is CNCc1ccccc1COc1cc(Br)ccc1C. The first-order valence-electron chi connectivity index (χ1n) is 6.31. The molecule has 0 spiro atoms. The third kappa shape index (κ3) is 3.82. The van der Waals surface area contributed by atoms with E-state index >= 15 is 0 Å². The Morgan fingerprint density at radius 1 is 1.11 bits per heavy atom. The molecule has 19 heavy (non-hydrogen) atoms. The Morgan fingerprint density at radius 3 is 2.58 bits per heavy atom. The van der Waals surface area contributed by atoms with Gasteiger partial charge >= 0.3 is 0 Å². The highest BCUT2D eigenvalue weighted by Gasteiger charge is 2.04. The molecule has 1 N–H and O–H groups in total. The number of ether oxygens (including phenoxy) is 1. The van der Waals surface area contributed by atoms with Crippen LogP contribution < -0.4 is 10.1 Å². The zero-order valence-electron chi connectivity index (χ0n) is 11.2. The van der Waals surface area contributed by atoms with Gasteiger partial charge in [0.15, 0.2) is 0 Å². The smallest absolute Gasteiger partial charge is 0.123 e. The Bertz CT molecular complexity index is 554. The second kappa shape index (κ2) is 6.73. The molecule has 0 amide bonds. The molecule has 0 aliphatic heterocycles. The zero-order valence-corrected chi connectivity index (χ0v) is 12.8. The lowest BCUT2D eigenvalue weighted by Crippen LogP contribution is -2.09. The van der Waals surface area contributed by atoms with E-state index in [1.165, 1.54) is 11.1 Å². The minimum Gasteiger partial charge on any atom is -0.489 e. The largest absolute Gasteiger partial charge is 0.489 e. The Balaban J connectivity index is 2.12. The third-order valence-electron chi connectivity index (χ3n) is 3.02. The predicted molar refractivity (Wildman–Crippen MR) is 82.4 cm³/mol. The van der Waals surface area contributed by atoms with Crippen molar-refractivity contribution in [2.75, 3.05) is 7.05 Å². The minimum absolute atomic E-state index is 0.592. The van der Waals surface area contributed by atoms with Crippen LogP contribution in [0.4, 0.5) is 0 Å². The molecular formula is C16H18BrNO. The van der Waals surface area contributed by atoms with E-state index < -0.39 is 0 Å². The molecule has 2 rings (SSSR count). The molecule has 0 aliphatic carbocycles. The standard InChI is InChI=1S/C16H18BrNO/c1-12-7-8-15(17)9-16(12)19-11-14-6-4-3-5-13(14)10-18-2/h3-9,18H,10-11H2,1-2H3. The van der Waals surface area contributed by atoms with E-state index in [1.807, 2.05) is 25.2 Å². The van der Waals surface area contributed by atoms with Crippen molar-refractivity contribution >= 4 is 15.9 Å². The Labute approximate surface area is 122 Å². The molecule has 2 nitrogen and oxygen atoms in total. The van der Waals surface area contributed by atoms with Gasteiger partial charge in [-0.1, -0.05) is 46.3 Å². The molecule has 0 heterocycles. The van der Waals surface area contributed by atoms with Gasteiger partial charge in [-0.3, -0.25) is 0 Å². The first-order chi connectivity index (χ1) is 9.20.